The molecule has 5 atom stereocenters. The molecule has 0 radical (unpaired) electrons. The topological polar surface area (TPSA) is 58.4 Å². The van der Waals surface area contributed by atoms with Crippen LogP contribution in [0.2, 0.25) is 0 Å². The van der Waals surface area contributed by atoms with Gasteiger partial charge >= 0.3 is 0 Å². The predicted molar refractivity (Wildman–Crippen MR) is 112 cm³/mol. The van der Waals surface area contributed by atoms with Gasteiger partial charge in [0.15, 0.2) is 0 Å². The molecule has 3 heterocycles. The minimum atomic E-state index is 0.00982. The Morgan fingerprint density at radius 3 is 2.83 bits per heavy atom. The van der Waals surface area contributed by atoms with Gasteiger partial charge in [0.2, 0.25) is 5.76 Å². The SMILES string of the molecule is CC(C)c1cc(C(=O)N2[C@@H](Cc3ccccc3)[C@@H]3C[C@@]4(C)[C@H](CCC[C@@H]24)N3)on1. The first-order valence-corrected chi connectivity index (χ1v) is 11.1. The molecule has 5 rings (SSSR count). The van der Waals surface area contributed by atoms with E-state index in [4.69, 9.17) is 4.52 Å². The Morgan fingerprint density at radius 1 is 1.31 bits per heavy atom. The van der Waals surface area contributed by atoms with Gasteiger partial charge in [0.25, 0.3) is 5.91 Å². The van der Waals surface area contributed by atoms with Gasteiger partial charge in [-0.3, -0.25) is 4.79 Å². The molecule has 5 nitrogen and oxygen atoms in total. The minimum Gasteiger partial charge on any atom is -0.351 e. The largest absolute Gasteiger partial charge is 0.351 e. The molecule has 1 aromatic carbocycles. The van der Waals surface area contributed by atoms with Crippen molar-refractivity contribution in [1.82, 2.24) is 15.4 Å². The van der Waals surface area contributed by atoms with E-state index in [-0.39, 0.29) is 29.3 Å². The van der Waals surface area contributed by atoms with E-state index in [9.17, 15) is 4.79 Å². The average Bonchev–Trinajstić information content (AvgIpc) is 3.32. The van der Waals surface area contributed by atoms with Crippen LogP contribution in [0.25, 0.3) is 0 Å². The molecule has 3 fully saturated rings. The highest BCUT2D eigenvalue weighted by Gasteiger charge is 2.60. The predicted octanol–water partition coefficient (Wildman–Crippen LogP) is 4.15. The summed E-state index contributed by atoms with van der Waals surface area (Å²) in [6.45, 7) is 6.53. The fourth-order valence-electron chi connectivity index (χ4n) is 6.06. The number of likely N-dealkylation sites (tertiary alicyclic amines) is 1. The Morgan fingerprint density at radius 2 is 2.10 bits per heavy atom. The zero-order valence-corrected chi connectivity index (χ0v) is 17.6. The molecule has 2 saturated heterocycles. The standard InChI is InChI=1S/C24H31N3O2/c1-15(2)17-13-20(29-26-17)23(28)27-19(12-16-8-5-4-6-9-16)18-14-24(3)21(25-18)10-7-11-22(24)27/h4-6,8-9,13,15,18-19,21-22,25H,7,10-12,14H2,1-3H3/t18-,19-,21-,22+,24-/m0/s1. The summed E-state index contributed by atoms with van der Waals surface area (Å²) in [7, 11) is 0. The van der Waals surface area contributed by atoms with E-state index in [1.165, 1.54) is 18.4 Å². The van der Waals surface area contributed by atoms with Gasteiger partial charge < -0.3 is 14.7 Å². The van der Waals surface area contributed by atoms with E-state index in [1.54, 1.807) is 0 Å². The van der Waals surface area contributed by atoms with E-state index in [2.05, 4.69) is 60.4 Å². The molecule has 2 aliphatic heterocycles. The highest BCUT2D eigenvalue weighted by Crippen LogP contribution is 2.52. The quantitative estimate of drug-likeness (QED) is 0.848. The number of amides is 1. The highest BCUT2D eigenvalue weighted by molar-refractivity contribution is 5.92. The number of fused-ring (bicyclic) bond motifs is 1. The van der Waals surface area contributed by atoms with E-state index < -0.39 is 0 Å². The van der Waals surface area contributed by atoms with Gasteiger partial charge in [-0.2, -0.15) is 0 Å². The van der Waals surface area contributed by atoms with E-state index in [1.807, 2.05) is 12.1 Å². The van der Waals surface area contributed by atoms with Crippen LogP contribution in [0.4, 0.5) is 0 Å². The van der Waals surface area contributed by atoms with Crippen LogP contribution in [0.15, 0.2) is 40.9 Å². The van der Waals surface area contributed by atoms with Crippen molar-refractivity contribution in [2.24, 2.45) is 5.41 Å². The first-order valence-electron chi connectivity index (χ1n) is 11.1. The Bertz CT molecular complexity index is 893. The third-order valence-electron chi connectivity index (χ3n) is 7.61. The van der Waals surface area contributed by atoms with Crippen molar-refractivity contribution in [1.29, 1.82) is 0 Å². The van der Waals surface area contributed by atoms with E-state index >= 15 is 0 Å². The second-order valence-electron chi connectivity index (χ2n) is 9.72. The maximum Gasteiger partial charge on any atom is 0.293 e. The molecule has 3 aliphatic rings. The zero-order chi connectivity index (χ0) is 20.2. The monoisotopic (exact) mass is 393 g/mol. The van der Waals surface area contributed by atoms with Crippen LogP contribution in [0, 0.1) is 5.41 Å². The number of hydrogen-bond acceptors (Lipinski definition) is 4. The molecule has 1 aliphatic carbocycles. The zero-order valence-electron chi connectivity index (χ0n) is 17.6. The average molecular weight is 394 g/mol. The van der Waals surface area contributed by atoms with Gasteiger partial charge in [0.05, 0.1) is 11.7 Å². The van der Waals surface area contributed by atoms with Crippen LogP contribution in [-0.4, -0.2) is 40.1 Å². The Hall–Kier alpha value is -2.14. The molecular weight excluding hydrogens is 362 g/mol. The third kappa shape index (κ3) is 3.02. The fraction of sp³-hybridized carbons (Fsp3) is 0.583. The van der Waals surface area contributed by atoms with Gasteiger partial charge in [0, 0.05) is 29.6 Å². The lowest BCUT2D eigenvalue weighted by atomic mass is 9.64. The Labute approximate surface area is 172 Å². The summed E-state index contributed by atoms with van der Waals surface area (Å²) in [4.78, 5) is 15.9. The molecule has 1 N–H and O–H groups in total. The number of nitrogens with zero attached hydrogens (tertiary/aromatic N) is 2. The van der Waals surface area contributed by atoms with Crippen molar-refractivity contribution in [2.75, 3.05) is 0 Å². The van der Waals surface area contributed by atoms with Crippen LogP contribution >= 0.6 is 0 Å². The molecule has 1 amide bonds. The summed E-state index contributed by atoms with van der Waals surface area (Å²) in [5, 5.41) is 8.07. The van der Waals surface area contributed by atoms with Gasteiger partial charge in [-0.1, -0.05) is 56.3 Å². The van der Waals surface area contributed by atoms with Crippen molar-refractivity contribution < 1.29 is 9.32 Å². The molecule has 29 heavy (non-hydrogen) atoms. The summed E-state index contributed by atoms with van der Waals surface area (Å²) in [6.07, 6.45) is 5.47. The fourth-order valence-corrected chi connectivity index (χ4v) is 6.06. The van der Waals surface area contributed by atoms with Crippen molar-refractivity contribution in [3.8, 4) is 0 Å². The summed E-state index contributed by atoms with van der Waals surface area (Å²) in [6, 6.07) is 13.6. The number of aromatic nitrogens is 1. The third-order valence-corrected chi connectivity index (χ3v) is 7.61. The summed E-state index contributed by atoms with van der Waals surface area (Å²) in [5.41, 5.74) is 2.27. The summed E-state index contributed by atoms with van der Waals surface area (Å²) in [5.74, 6) is 0.644. The van der Waals surface area contributed by atoms with Crippen LogP contribution < -0.4 is 5.32 Å². The molecule has 0 spiro atoms. The van der Waals surface area contributed by atoms with Crippen LogP contribution in [0.1, 0.15) is 74.2 Å². The van der Waals surface area contributed by atoms with E-state index in [0.29, 0.717) is 17.8 Å². The Balaban J connectivity index is 1.53. The number of benzene rings is 1. The van der Waals surface area contributed by atoms with Gasteiger partial charge in [-0.25, -0.2) is 0 Å². The molecule has 0 unspecified atom stereocenters. The van der Waals surface area contributed by atoms with Gasteiger partial charge in [-0.15, -0.1) is 0 Å². The van der Waals surface area contributed by atoms with Crippen molar-refractivity contribution in [3.63, 3.8) is 0 Å². The first kappa shape index (κ1) is 18.9. The van der Waals surface area contributed by atoms with E-state index in [0.717, 1.165) is 25.0 Å². The molecular formula is C24H31N3O2. The van der Waals surface area contributed by atoms with Crippen LogP contribution in [0.3, 0.4) is 0 Å². The van der Waals surface area contributed by atoms with Crippen LogP contribution in [0.5, 0.6) is 0 Å². The van der Waals surface area contributed by atoms with Crippen molar-refractivity contribution >= 4 is 5.91 Å². The lowest BCUT2D eigenvalue weighted by Gasteiger charge is -2.53. The number of carbonyl (C=O) groups excluding carboxylic acids is 1. The minimum absolute atomic E-state index is 0.00982. The normalized spacial score (nSPS) is 33.3. The van der Waals surface area contributed by atoms with Crippen molar-refractivity contribution in [2.45, 2.75) is 83.0 Å². The van der Waals surface area contributed by atoms with Gasteiger partial charge in [-0.05, 0) is 43.6 Å². The summed E-state index contributed by atoms with van der Waals surface area (Å²) < 4.78 is 5.54. The summed E-state index contributed by atoms with van der Waals surface area (Å²) >= 11 is 0. The molecule has 154 valence electrons. The number of carbonyl (C=O) groups is 1. The molecule has 1 aromatic heterocycles. The second-order valence-corrected chi connectivity index (χ2v) is 9.72. The molecule has 5 heteroatoms. The first-order chi connectivity index (χ1) is 14.0. The molecule has 2 aromatic rings. The number of rotatable bonds is 4. The molecule has 2 bridgehead atoms. The lowest BCUT2D eigenvalue weighted by Crippen LogP contribution is -2.62. The number of hydrogen-bond donors (Lipinski definition) is 1. The van der Waals surface area contributed by atoms with Crippen molar-refractivity contribution in [3.05, 3.63) is 53.4 Å². The maximum atomic E-state index is 13.8. The Kier molecular flexibility index (Phi) is 4.54. The lowest BCUT2D eigenvalue weighted by molar-refractivity contribution is -0.0134. The second kappa shape index (κ2) is 6.98. The van der Waals surface area contributed by atoms with Crippen LogP contribution in [-0.2, 0) is 6.42 Å². The number of piperidine rings is 1. The smallest absolute Gasteiger partial charge is 0.293 e. The number of nitrogens with one attached hydrogen (secondary N) is 1. The molecule has 1 saturated carbocycles. The van der Waals surface area contributed by atoms with Gasteiger partial charge in [0.1, 0.15) is 0 Å². The highest BCUT2D eigenvalue weighted by atomic mass is 16.5. The maximum absolute atomic E-state index is 13.8.